The molecule has 0 aliphatic carbocycles. The van der Waals surface area contributed by atoms with Gasteiger partial charge in [-0.05, 0) is 49.6 Å². The zero-order valence-electron chi connectivity index (χ0n) is 19.5. The van der Waals surface area contributed by atoms with Gasteiger partial charge in [0.25, 0.3) is 5.56 Å². The molecule has 170 valence electrons. The summed E-state index contributed by atoms with van der Waals surface area (Å²) in [5.41, 5.74) is 6.60. The van der Waals surface area contributed by atoms with Gasteiger partial charge in [0.2, 0.25) is 5.91 Å². The van der Waals surface area contributed by atoms with E-state index in [0.29, 0.717) is 17.6 Å². The topological polar surface area (TPSA) is 68.9 Å². The molecule has 0 bridgehead atoms. The lowest BCUT2D eigenvalue weighted by molar-refractivity contribution is -0.116. The van der Waals surface area contributed by atoms with Crippen molar-refractivity contribution in [2.75, 3.05) is 5.32 Å². The Morgan fingerprint density at radius 1 is 0.941 bits per heavy atom. The van der Waals surface area contributed by atoms with Gasteiger partial charge in [0, 0.05) is 11.1 Å². The number of aromatic nitrogens is 3. The second-order valence-corrected chi connectivity index (χ2v) is 8.78. The molecule has 6 heteroatoms. The molecule has 34 heavy (non-hydrogen) atoms. The standard InChI is InChI=1S/C28H26N4O2/c1-18-12-13-23-22(14-18)26-27(28(34)31(17-29-26)15-21-10-5-4-6-11-21)32(23)16-24(33)30-25-19(2)8-7-9-20(25)3/h4-14,17H,15-16H2,1-3H3,(H,30,33). The lowest BCUT2D eigenvalue weighted by atomic mass is 10.1. The maximum absolute atomic E-state index is 13.6. The first kappa shape index (κ1) is 21.6. The summed E-state index contributed by atoms with van der Waals surface area (Å²) in [5.74, 6) is -0.186. The molecule has 2 aromatic heterocycles. The molecule has 0 spiro atoms. The molecule has 5 aromatic rings. The van der Waals surface area contributed by atoms with E-state index in [4.69, 9.17) is 0 Å². The molecule has 1 N–H and O–H groups in total. The number of hydrogen-bond acceptors (Lipinski definition) is 3. The maximum Gasteiger partial charge on any atom is 0.278 e. The Balaban J connectivity index is 1.62. The fourth-order valence-electron chi connectivity index (χ4n) is 4.51. The quantitative estimate of drug-likeness (QED) is 0.411. The van der Waals surface area contributed by atoms with Crippen molar-refractivity contribution >= 4 is 33.5 Å². The molecule has 1 amide bonds. The highest BCUT2D eigenvalue weighted by molar-refractivity contribution is 6.07. The van der Waals surface area contributed by atoms with Crippen molar-refractivity contribution in [1.29, 1.82) is 0 Å². The minimum Gasteiger partial charge on any atom is -0.325 e. The van der Waals surface area contributed by atoms with E-state index in [1.165, 1.54) is 0 Å². The van der Waals surface area contributed by atoms with Gasteiger partial charge < -0.3 is 9.88 Å². The van der Waals surface area contributed by atoms with Crippen molar-refractivity contribution in [2.24, 2.45) is 0 Å². The van der Waals surface area contributed by atoms with Crippen molar-refractivity contribution in [2.45, 2.75) is 33.9 Å². The van der Waals surface area contributed by atoms with Gasteiger partial charge in [0.1, 0.15) is 17.6 Å². The first-order valence-electron chi connectivity index (χ1n) is 11.3. The minimum absolute atomic E-state index is 0.0170. The van der Waals surface area contributed by atoms with E-state index >= 15 is 0 Å². The molecule has 5 rings (SSSR count). The third kappa shape index (κ3) is 3.88. The summed E-state index contributed by atoms with van der Waals surface area (Å²) in [5, 5.41) is 3.92. The van der Waals surface area contributed by atoms with Gasteiger partial charge in [-0.1, -0.05) is 60.2 Å². The van der Waals surface area contributed by atoms with Crippen molar-refractivity contribution in [3.05, 3.63) is 106 Å². The van der Waals surface area contributed by atoms with Crippen molar-refractivity contribution in [1.82, 2.24) is 14.1 Å². The fraction of sp³-hybridized carbons (Fsp3) is 0.179. The lowest BCUT2D eigenvalue weighted by Gasteiger charge is -2.13. The van der Waals surface area contributed by atoms with Gasteiger partial charge >= 0.3 is 0 Å². The Kier molecular flexibility index (Phi) is 5.49. The summed E-state index contributed by atoms with van der Waals surface area (Å²) < 4.78 is 3.40. The van der Waals surface area contributed by atoms with E-state index in [-0.39, 0.29) is 18.0 Å². The second kappa shape index (κ2) is 8.63. The molecular formula is C28H26N4O2. The van der Waals surface area contributed by atoms with Crippen LogP contribution in [0.3, 0.4) is 0 Å². The number of carbonyl (C=O) groups is 1. The number of para-hydroxylation sites is 1. The summed E-state index contributed by atoms with van der Waals surface area (Å²) >= 11 is 0. The molecule has 0 saturated carbocycles. The van der Waals surface area contributed by atoms with E-state index in [9.17, 15) is 9.59 Å². The Hall–Kier alpha value is -4.19. The average Bonchev–Trinajstić information content (AvgIpc) is 3.12. The van der Waals surface area contributed by atoms with E-state index in [1.807, 2.05) is 87.5 Å². The van der Waals surface area contributed by atoms with Gasteiger partial charge in [-0.25, -0.2) is 4.98 Å². The largest absolute Gasteiger partial charge is 0.325 e. The van der Waals surface area contributed by atoms with Crippen LogP contribution in [0, 0.1) is 20.8 Å². The SMILES string of the molecule is Cc1ccc2c(c1)c1ncn(Cc3ccccc3)c(=O)c1n2CC(=O)Nc1c(C)cccc1C. The summed E-state index contributed by atoms with van der Waals surface area (Å²) in [6, 6.07) is 21.7. The number of benzene rings is 3. The van der Waals surface area contributed by atoms with Gasteiger partial charge in [-0.15, -0.1) is 0 Å². The number of hydrogen-bond donors (Lipinski definition) is 1. The number of nitrogens with zero attached hydrogens (tertiary/aromatic N) is 3. The highest BCUT2D eigenvalue weighted by Crippen LogP contribution is 2.27. The zero-order valence-corrected chi connectivity index (χ0v) is 19.5. The predicted molar refractivity (Wildman–Crippen MR) is 136 cm³/mol. The summed E-state index contributed by atoms with van der Waals surface area (Å²) in [4.78, 5) is 31.4. The average molecular weight is 451 g/mol. The Bertz CT molecular complexity index is 1580. The Morgan fingerprint density at radius 2 is 1.68 bits per heavy atom. The number of anilines is 1. The lowest BCUT2D eigenvalue weighted by Crippen LogP contribution is -2.25. The van der Waals surface area contributed by atoms with Crippen LogP contribution >= 0.6 is 0 Å². The number of carbonyl (C=O) groups excluding carboxylic acids is 1. The Labute approximate surface area is 197 Å². The molecule has 3 aromatic carbocycles. The predicted octanol–water partition coefficient (Wildman–Crippen LogP) is 4.96. The molecule has 2 heterocycles. The van der Waals surface area contributed by atoms with Crippen molar-refractivity contribution < 1.29 is 4.79 Å². The van der Waals surface area contributed by atoms with E-state index < -0.39 is 0 Å². The zero-order chi connectivity index (χ0) is 23.8. The van der Waals surface area contributed by atoms with Crippen LogP contribution in [-0.2, 0) is 17.9 Å². The normalized spacial score (nSPS) is 11.3. The van der Waals surface area contributed by atoms with E-state index in [1.54, 1.807) is 15.5 Å². The monoisotopic (exact) mass is 450 g/mol. The number of nitrogens with one attached hydrogen (secondary N) is 1. The van der Waals surface area contributed by atoms with Crippen LogP contribution in [0.2, 0.25) is 0 Å². The smallest absolute Gasteiger partial charge is 0.278 e. The molecule has 0 radical (unpaired) electrons. The molecule has 0 aliphatic heterocycles. The fourth-order valence-corrected chi connectivity index (χ4v) is 4.51. The van der Waals surface area contributed by atoms with Crippen LogP contribution in [0.1, 0.15) is 22.3 Å². The van der Waals surface area contributed by atoms with Crippen molar-refractivity contribution in [3.63, 3.8) is 0 Å². The van der Waals surface area contributed by atoms with Crippen LogP contribution in [0.5, 0.6) is 0 Å². The van der Waals surface area contributed by atoms with E-state index in [0.717, 1.165) is 38.8 Å². The van der Waals surface area contributed by atoms with Crippen LogP contribution in [0.4, 0.5) is 5.69 Å². The van der Waals surface area contributed by atoms with Gasteiger partial charge in [-0.3, -0.25) is 14.2 Å². The van der Waals surface area contributed by atoms with Gasteiger partial charge in [0.05, 0.1) is 18.4 Å². The number of amides is 1. The molecule has 0 saturated heterocycles. The maximum atomic E-state index is 13.6. The van der Waals surface area contributed by atoms with Gasteiger partial charge in [0.15, 0.2) is 0 Å². The summed E-state index contributed by atoms with van der Waals surface area (Å²) in [6.07, 6.45) is 1.60. The van der Waals surface area contributed by atoms with Crippen LogP contribution in [0.25, 0.3) is 21.9 Å². The molecule has 0 fully saturated rings. The molecule has 0 atom stereocenters. The van der Waals surface area contributed by atoms with Crippen LogP contribution in [-0.4, -0.2) is 20.0 Å². The third-order valence-corrected chi connectivity index (χ3v) is 6.22. The third-order valence-electron chi connectivity index (χ3n) is 6.22. The number of fused-ring (bicyclic) bond motifs is 3. The van der Waals surface area contributed by atoms with Crippen LogP contribution in [0.15, 0.2) is 77.9 Å². The van der Waals surface area contributed by atoms with Gasteiger partial charge in [-0.2, -0.15) is 0 Å². The summed E-state index contributed by atoms with van der Waals surface area (Å²) in [6.45, 7) is 6.38. The Morgan fingerprint density at radius 3 is 2.41 bits per heavy atom. The second-order valence-electron chi connectivity index (χ2n) is 8.78. The molecular weight excluding hydrogens is 424 g/mol. The number of aryl methyl sites for hydroxylation is 3. The highest BCUT2D eigenvalue weighted by Gasteiger charge is 2.19. The first-order valence-corrected chi connectivity index (χ1v) is 11.3. The van der Waals surface area contributed by atoms with E-state index in [2.05, 4.69) is 10.3 Å². The first-order chi connectivity index (χ1) is 16.4. The highest BCUT2D eigenvalue weighted by atomic mass is 16.2. The minimum atomic E-state index is -0.186. The van der Waals surface area contributed by atoms with Crippen molar-refractivity contribution in [3.8, 4) is 0 Å². The summed E-state index contributed by atoms with van der Waals surface area (Å²) in [7, 11) is 0. The molecule has 0 unspecified atom stereocenters. The number of rotatable bonds is 5. The molecule has 6 nitrogen and oxygen atoms in total. The molecule has 0 aliphatic rings. The van der Waals surface area contributed by atoms with Crippen LogP contribution < -0.4 is 10.9 Å².